The van der Waals surface area contributed by atoms with Crippen molar-refractivity contribution in [3.8, 4) is 5.75 Å². The maximum atomic E-state index is 12.3. The minimum absolute atomic E-state index is 0.0632. The molecule has 0 bridgehead atoms. The summed E-state index contributed by atoms with van der Waals surface area (Å²) in [6.45, 7) is 4.10. The zero-order valence-electron chi connectivity index (χ0n) is 16.1. The van der Waals surface area contributed by atoms with Crippen LogP contribution >= 0.6 is 11.6 Å². The summed E-state index contributed by atoms with van der Waals surface area (Å²) in [6.07, 6.45) is 4.65. The highest BCUT2D eigenvalue weighted by Gasteiger charge is 2.25. The fourth-order valence-corrected chi connectivity index (χ4v) is 4.43. The van der Waals surface area contributed by atoms with Crippen LogP contribution in [0.2, 0.25) is 5.02 Å². The van der Waals surface area contributed by atoms with Gasteiger partial charge < -0.3 is 9.64 Å². The van der Waals surface area contributed by atoms with Crippen LogP contribution in [-0.4, -0.2) is 37.0 Å². The minimum atomic E-state index is 0.0632. The molecule has 1 amide bonds. The Morgan fingerprint density at radius 2 is 1.79 bits per heavy atom. The highest BCUT2D eigenvalue weighted by atomic mass is 35.5. The van der Waals surface area contributed by atoms with Crippen LogP contribution in [0.1, 0.15) is 31.2 Å². The zero-order chi connectivity index (χ0) is 19.3. The van der Waals surface area contributed by atoms with Crippen LogP contribution < -0.4 is 9.64 Å². The van der Waals surface area contributed by atoms with E-state index in [0.29, 0.717) is 0 Å². The van der Waals surface area contributed by atoms with Gasteiger partial charge in [0.2, 0.25) is 0 Å². The summed E-state index contributed by atoms with van der Waals surface area (Å²) in [4.78, 5) is 16.7. The van der Waals surface area contributed by atoms with Crippen LogP contribution in [0.5, 0.6) is 5.75 Å². The fraction of sp³-hybridized carbons (Fsp3) is 0.435. The second-order valence-corrected chi connectivity index (χ2v) is 8.16. The molecular weight excluding hydrogens is 372 g/mol. The van der Waals surface area contributed by atoms with E-state index in [9.17, 15) is 4.79 Å². The second-order valence-electron chi connectivity index (χ2n) is 7.75. The molecule has 5 heteroatoms. The number of anilines is 1. The maximum Gasteiger partial charge on any atom is 0.265 e. The van der Waals surface area contributed by atoms with E-state index < -0.39 is 0 Å². The van der Waals surface area contributed by atoms with Crippen LogP contribution in [0.3, 0.4) is 0 Å². The van der Waals surface area contributed by atoms with Gasteiger partial charge in [0, 0.05) is 18.1 Å². The molecule has 4 nitrogen and oxygen atoms in total. The van der Waals surface area contributed by atoms with Crippen molar-refractivity contribution < 1.29 is 9.53 Å². The molecule has 1 saturated heterocycles. The van der Waals surface area contributed by atoms with Gasteiger partial charge in [-0.1, -0.05) is 41.9 Å². The van der Waals surface area contributed by atoms with E-state index in [4.69, 9.17) is 16.3 Å². The van der Waals surface area contributed by atoms with Crippen molar-refractivity contribution >= 4 is 23.2 Å². The monoisotopic (exact) mass is 398 g/mol. The largest absolute Gasteiger partial charge is 0.482 e. The van der Waals surface area contributed by atoms with Crippen molar-refractivity contribution in [1.29, 1.82) is 0 Å². The molecule has 28 heavy (non-hydrogen) atoms. The summed E-state index contributed by atoms with van der Waals surface area (Å²) in [6, 6.07) is 15.9. The van der Waals surface area contributed by atoms with Crippen molar-refractivity contribution in [2.24, 2.45) is 5.92 Å². The fourth-order valence-electron chi connectivity index (χ4n) is 4.24. The highest BCUT2D eigenvalue weighted by Crippen LogP contribution is 2.32. The van der Waals surface area contributed by atoms with Crippen LogP contribution in [0, 0.1) is 5.92 Å². The number of ether oxygens (including phenoxy) is 1. The Hall–Kier alpha value is -2.04. The molecular formula is C23H27ClN2O2. The lowest BCUT2D eigenvalue weighted by Crippen LogP contribution is -2.39. The third kappa shape index (κ3) is 4.50. The maximum absolute atomic E-state index is 12.3. The van der Waals surface area contributed by atoms with Gasteiger partial charge in [0.05, 0.1) is 5.69 Å². The number of carbonyl (C=O) groups is 1. The first-order valence-electron chi connectivity index (χ1n) is 10.2. The van der Waals surface area contributed by atoms with Crippen molar-refractivity contribution in [2.45, 2.75) is 32.2 Å². The third-order valence-electron chi connectivity index (χ3n) is 5.86. The Labute approximate surface area is 172 Å². The van der Waals surface area contributed by atoms with Gasteiger partial charge in [-0.05, 0) is 68.5 Å². The molecule has 0 radical (unpaired) electrons. The number of amides is 1. The normalized spacial score (nSPS) is 18.0. The van der Waals surface area contributed by atoms with Crippen molar-refractivity contribution in [3.63, 3.8) is 0 Å². The molecule has 0 aliphatic carbocycles. The van der Waals surface area contributed by atoms with Gasteiger partial charge >= 0.3 is 0 Å². The van der Waals surface area contributed by atoms with Crippen LogP contribution in [0.25, 0.3) is 0 Å². The van der Waals surface area contributed by atoms with E-state index >= 15 is 0 Å². The predicted molar refractivity (Wildman–Crippen MR) is 113 cm³/mol. The SMILES string of the molecule is O=C1COc2ccccc2N1CCCC1CCN(Cc2ccccc2Cl)CC1. The van der Waals surface area contributed by atoms with Crippen LogP contribution in [0.4, 0.5) is 5.69 Å². The Balaban J connectivity index is 1.23. The summed E-state index contributed by atoms with van der Waals surface area (Å²) in [7, 11) is 0. The molecule has 2 aromatic carbocycles. The average Bonchev–Trinajstić information content (AvgIpc) is 2.72. The van der Waals surface area contributed by atoms with Crippen molar-refractivity contribution in [2.75, 3.05) is 31.1 Å². The Bertz CT molecular complexity index is 818. The molecule has 2 heterocycles. The summed E-state index contributed by atoms with van der Waals surface area (Å²) < 4.78 is 5.53. The van der Waals surface area contributed by atoms with Gasteiger partial charge in [0.1, 0.15) is 5.75 Å². The molecule has 4 rings (SSSR count). The molecule has 0 aromatic heterocycles. The number of benzene rings is 2. The lowest BCUT2D eigenvalue weighted by atomic mass is 9.92. The summed E-state index contributed by atoms with van der Waals surface area (Å²) >= 11 is 6.29. The van der Waals surface area contributed by atoms with Gasteiger partial charge in [0.15, 0.2) is 6.61 Å². The predicted octanol–water partition coefficient (Wildman–Crippen LogP) is 4.76. The summed E-state index contributed by atoms with van der Waals surface area (Å²) in [5, 5.41) is 0.861. The lowest BCUT2D eigenvalue weighted by molar-refractivity contribution is -0.121. The van der Waals surface area contributed by atoms with E-state index in [1.807, 2.05) is 41.3 Å². The highest BCUT2D eigenvalue weighted by molar-refractivity contribution is 6.31. The molecule has 0 atom stereocenters. The number of carbonyl (C=O) groups excluding carboxylic acids is 1. The smallest absolute Gasteiger partial charge is 0.265 e. The van der Waals surface area contributed by atoms with E-state index in [2.05, 4.69) is 17.0 Å². The van der Waals surface area contributed by atoms with Gasteiger partial charge in [-0.3, -0.25) is 9.69 Å². The lowest BCUT2D eigenvalue weighted by Gasteiger charge is -2.33. The average molecular weight is 399 g/mol. The second kappa shape index (κ2) is 8.97. The molecule has 148 valence electrons. The van der Waals surface area contributed by atoms with Gasteiger partial charge in [-0.25, -0.2) is 0 Å². The number of para-hydroxylation sites is 2. The molecule has 2 aliphatic heterocycles. The molecule has 0 saturated carbocycles. The van der Waals surface area contributed by atoms with Crippen LogP contribution in [-0.2, 0) is 11.3 Å². The molecule has 0 unspecified atom stereocenters. The number of nitrogens with zero attached hydrogens (tertiary/aromatic N) is 2. The van der Waals surface area contributed by atoms with E-state index in [1.165, 1.54) is 24.8 Å². The Kier molecular flexibility index (Phi) is 6.18. The van der Waals surface area contributed by atoms with Crippen LogP contribution in [0.15, 0.2) is 48.5 Å². The van der Waals surface area contributed by atoms with Gasteiger partial charge in [-0.15, -0.1) is 0 Å². The quantitative estimate of drug-likeness (QED) is 0.703. The standard InChI is InChI=1S/C23H27ClN2O2/c24-20-8-2-1-7-19(20)16-25-14-11-18(12-15-25)6-5-13-26-21-9-3-4-10-22(21)28-17-23(26)27/h1-4,7-10,18H,5-6,11-17H2. The first kappa shape index (κ1) is 19.3. The van der Waals surface area contributed by atoms with E-state index in [-0.39, 0.29) is 12.5 Å². The summed E-state index contributed by atoms with van der Waals surface area (Å²) in [5.74, 6) is 1.62. The number of hydrogen-bond acceptors (Lipinski definition) is 3. The summed E-state index contributed by atoms with van der Waals surface area (Å²) in [5.41, 5.74) is 2.13. The Morgan fingerprint density at radius 1 is 1.04 bits per heavy atom. The molecule has 2 aromatic rings. The zero-order valence-corrected chi connectivity index (χ0v) is 16.9. The topological polar surface area (TPSA) is 32.8 Å². The number of rotatable bonds is 6. The number of likely N-dealkylation sites (tertiary alicyclic amines) is 1. The van der Waals surface area contributed by atoms with E-state index in [0.717, 1.165) is 55.0 Å². The number of halogens is 1. The number of hydrogen-bond donors (Lipinski definition) is 0. The first-order valence-corrected chi connectivity index (χ1v) is 10.6. The first-order chi connectivity index (χ1) is 13.7. The van der Waals surface area contributed by atoms with Crippen molar-refractivity contribution in [1.82, 2.24) is 4.90 Å². The van der Waals surface area contributed by atoms with Gasteiger partial charge in [-0.2, -0.15) is 0 Å². The number of fused-ring (bicyclic) bond motifs is 1. The Morgan fingerprint density at radius 3 is 2.61 bits per heavy atom. The minimum Gasteiger partial charge on any atom is -0.482 e. The van der Waals surface area contributed by atoms with E-state index in [1.54, 1.807) is 0 Å². The molecule has 0 spiro atoms. The number of piperidine rings is 1. The third-order valence-corrected chi connectivity index (χ3v) is 6.23. The molecule has 1 fully saturated rings. The van der Waals surface area contributed by atoms with Crippen molar-refractivity contribution in [3.05, 3.63) is 59.1 Å². The van der Waals surface area contributed by atoms with Gasteiger partial charge in [0.25, 0.3) is 5.91 Å². The molecule has 0 N–H and O–H groups in total. The molecule has 2 aliphatic rings.